The predicted molar refractivity (Wildman–Crippen MR) is 263 cm³/mol. The van der Waals surface area contributed by atoms with Gasteiger partial charge >= 0.3 is 0 Å². The zero-order chi connectivity index (χ0) is 41.0. The van der Waals surface area contributed by atoms with Crippen molar-refractivity contribution in [2.75, 3.05) is 4.90 Å². The van der Waals surface area contributed by atoms with Gasteiger partial charge in [-0.25, -0.2) is 0 Å². The molecule has 1 heterocycles. The standard InChI is InChI=1S/C60H39NO/c1-3-13-40(14-4-1)42-23-30-47(31-24-42)61(48-32-25-43(26-33-48)55-38-46-17-7-8-18-50(46)51-19-9-10-20-52(51)55)49-34-27-44(28-35-49)56-39-58-57-37-45(41-15-5-2-6-16-41)29-36-59(57)62-60(58)54-22-12-11-21-53(54)56/h1-39H. The van der Waals surface area contributed by atoms with E-state index in [-0.39, 0.29) is 0 Å². The average Bonchev–Trinajstić information content (AvgIpc) is 3.73. The molecule has 62 heavy (non-hydrogen) atoms. The molecule has 0 atom stereocenters. The van der Waals surface area contributed by atoms with Gasteiger partial charge in [0.15, 0.2) is 0 Å². The molecule has 0 saturated carbocycles. The summed E-state index contributed by atoms with van der Waals surface area (Å²) in [5.41, 5.74) is 14.6. The molecule has 0 unspecified atom stereocenters. The summed E-state index contributed by atoms with van der Waals surface area (Å²) in [5, 5.41) is 9.57. The fourth-order valence-electron chi connectivity index (χ4n) is 9.40. The highest BCUT2D eigenvalue weighted by Gasteiger charge is 2.18. The van der Waals surface area contributed by atoms with Gasteiger partial charge in [-0.2, -0.15) is 0 Å². The molecule has 0 aliphatic heterocycles. The molecule has 2 nitrogen and oxygen atoms in total. The quantitative estimate of drug-likeness (QED) is 0.150. The van der Waals surface area contributed by atoms with Gasteiger partial charge in [-0.3, -0.25) is 0 Å². The minimum atomic E-state index is 0.895. The Kier molecular flexibility index (Phi) is 8.53. The smallest absolute Gasteiger partial charge is 0.143 e. The molecule has 2 heteroatoms. The summed E-state index contributed by atoms with van der Waals surface area (Å²) < 4.78 is 6.60. The first-order valence-corrected chi connectivity index (χ1v) is 21.2. The largest absolute Gasteiger partial charge is 0.455 e. The zero-order valence-electron chi connectivity index (χ0n) is 33.9. The molecule has 12 aromatic rings. The molecular formula is C60H39NO. The first-order chi connectivity index (χ1) is 30.7. The van der Waals surface area contributed by atoms with Crippen molar-refractivity contribution >= 4 is 71.3 Å². The van der Waals surface area contributed by atoms with E-state index in [1.54, 1.807) is 0 Å². The molecule has 0 bridgehead atoms. The van der Waals surface area contributed by atoms with E-state index in [9.17, 15) is 0 Å². The van der Waals surface area contributed by atoms with E-state index >= 15 is 0 Å². The van der Waals surface area contributed by atoms with E-state index < -0.39 is 0 Å². The van der Waals surface area contributed by atoms with Crippen LogP contribution in [0.3, 0.4) is 0 Å². The molecule has 0 radical (unpaired) electrons. The van der Waals surface area contributed by atoms with Crippen molar-refractivity contribution in [1.82, 2.24) is 0 Å². The molecule has 290 valence electrons. The van der Waals surface area contributed by atoms with Crippen LogP contribution in [0.2, 0.25) is 0 Å². The Morgan fingerprint density at radius 1 is 0.258 bits per heavy atom. The molecule has 0 amide bonds. The second kappa shape index (κ2) is 14.8. The number of hydrogen-bond acceptors (Lipinski definition) is 2. The van der Waals surface area contributed by atoms with Crippen molar-refractivity contribution in [3.8, 4) is 44.5 Å². The number of anilines is 3. The number of hydrogen-bond donors (Lipinski definition) is 0. The van der Waals surface area contributed by atoms with E-state index in [0.717, 1.165) is 50.0 Å². The highest BCUT2D eigenvalue weighted by Crippen LogP contribution is 2.43. The minimum Gasteiger partial charge on any atom is -0.455 e. The van der Waals surface area contributed by atoms with Crippen LogP contribution in [0.4, 0.5) is 17.1 Å². The summed E-state index contributed by atoms with van der Waals surface area (Å²) in [6, 6.07) is 85.4. The van der Waals surface area contributed by atoms with Crippen molar-refractivity contribution in [1.29, 1.82) is 0 Å². The lowest BCUT2D eigenvalue weighted by Gasteiger charge is -2.26. The normalized spacial score (nSPS) is 11.5. The van der Waals surface area contributed by atoms with Crippen LogP contribution in [0.1, 0.15) is 0 Å². The third-order valence-electron chi connectivity index (χ3n) is 12.5. The Balaban J connectivity index is 0.969. The van der Waals surface area contributed by atoms with Gasteiger partial charge in [0.1, 0.15) is 11.2 Å². The highest BCUT2D eigenvalue weighted by atomic mass is 16.3. The summed E-state index contributed by atoms with van der Waals surface area (Å²) in [6.07, 6.45) is 0. The fraction of sp³-hybridized carbons (Fsp3) is 0. The maximum absolute atomic E-state index is 6.60. The predicted octanol–water partition coefficient (Wildman–Crippen LogP) is 17.2. The van der Waals surface area contributed by atoms with Gasteiger partial charge < -0.3 is 9.32 Å². The van der Waals surface area contributed by atoms with Gasteiger partial charge in [0.2, 0.25) is 0 Å². The lowest BCUT2D eigenvalue weighted by atomic mass is 9.93. The maximum Gasteiger partial charge on any atom is 0.143 e. The van der Waals surface area contributed by atoms with Crippen LogP contribution in [-0.4, -0.2) is 0 Å². The lowest BCUT2D eigenvalue weighted by Crippen LogP contribution is -2.09. The molecule has 0 N–H and O–H groups in total. The Bertz CT molecular complexity index is 3590. The molecule has 1 aromatic heterocycles. The summed E-state index contributed by atoms with van der Waals surface area (Å²) in [6.45, 7) is 0. The monoisotopic (exact) mass is 789 g/mol. The van der Waals surface area contributed by atoms with Crippen LogP contribution in [0, 0.1) is 0 Å². The highest BCUT2D eigenvalue weighted by molar-refractivity contribution is 6.19. The summed E-state index contributed by atoms with van der Waals surface area (Å²) in [5.74, 6) is 0. The van der Waals surface area contributed by atoms with Gasteiger partial charge in [0, 0.05) is 33.2 Å². The van der Waals surface area contributed by atoms with Gasteiger partial charge in [0.25, 0.3) is 0 Å². The molecule has 0 saturated heterocycles. The topological polar surface area (TPSA) is 16.4 Å². The van der Waals surface area contributed by atoms with Crippen molar-refractivity contribution in [3.05, 3.63) is 237 Å². The number of furan rings is 1. The second-order valence-corrected chi connectivity index (χ2v) is 16.1. The molecule has 0 fully saturated rings. The Morgan fingerprint density at radius 3 is 1.31 bits per heavy atom. The van der Waals surface area contributed by atoms with Crippen molar-refractivity contribution in [2.24, 2.45) is 0 Å². The third kappa shape index (κ3) is 6.12. The van der Waals surface area contributed by atoms with E-state index in [2.05, 4.69) is 241 Å². The first kappa shape index (κ1) is 35.7. The van der Waals surface area contributed by atoms with Crippen LogP contribution in [0.25, 0.3) is 98.8 Å². The molecule has 0 aliphatic carbocycles. The molecule has 0 spiro atoms. The lowest BCUT2D eigenvalue weighted by molar-refractivity contribution is 0.673. The van der Waals surface area contributed by atoms with Crippen LogP contribution in [0.5, 0.6) is 0 Å². The van der Waals surface area contributed by atoms with Crippen LogP contribution in [0.15, 0.2) is 241 Å². The molecular weight excluding hydrogens is 751 g/mol. The SMILES string of the molecule is c1ccc(-c2ccc(N(c3ccc(-c4cc5ccccc5c5ccccc45)cc3)c3ccc(-c4cc5c6cc(-c7ccccc7)ccc6oc5c5ccccc45)cc3)cc2)cc1. The second-order valence-electron chi connectivity index (χ2n) is 16.1. The Hall–Kier alpha value is -8.20. The number of fused-ring (bicyclic) bond motifs is 8. The van der Waals surface area contributed by atoms with Gasteiger partial charge in [-0.1, -0.05) is 176 Å². The minimum absolute atomic E-state index is 0.895. The fourth-order valence-corrected chi connectivity index (χ4v) is 9.40. The summed E-state index contributed by atoms with van der Waals surface area (Å²) >= 11 is 0. The molecule has 0 aliphatic rings. The van der Waals surface area contributed by atoms with Crippen molar-refractivity contribution < 1.29 is 4.42 Å². The Labute approximate surface area is 360 Å². The van der Waals surface area contributed by atoms with Crippen molar-refractivity contribution in [2.45, 2.75) is 0 Å². The number of benzene rings is 11. The maximum atomic E-state index is 6.60. The van der Waals surface area contributed by atoms with Gasteiger partial charge in [-0.05, 0) is 132 Å². The zero-order valence-corrected chi connectivity index (χ0v) is 33.9. The van der Waals surface area contributed by atoms with Crippen LogP contribution < -0.4 is 4.90 Å². The number of rotatable bonds is 7. The number of nitrogens with zero attached hydrogens (tertiary/aromatic N) is 1. The molecule has 11 aromatic carbocycles. The summed E-state index contributed by atoms with van der Waals surface area (Å²) in [7, 11) is 0. The van der Waals surface area contributed by atoms with E-state index in [4.69, 9.17) is 4.42 Å². The first-order valence-electron chi connectivity index (χ1n) is 21.2. The van der Waals surface area contributed by atoms with Crippen molar-refractivity contribution in [3.63, 3.8) is 0 Å². The molecule has 12 rings (SSSR count). The van der Waals surface area contributed by atoms with Crippen LogP contribution in [-0.2, 0) is 0 Å². The van der Waals surface area contributed by atoms with E-state index in [1.807, 2.05) is 0 Å². The van der Waals surface area contributed by atoms with E-state index in [0.29, 0.717) is 0 Å². The van der Waals surface area contributed by atoms with Crippen LogP contribution >= 0.6 is 0 Å². The average molecular weight is 790 g/mol. The third-order valence-corrected chi connectivity index (χ3v) is 12.5. The van der Waals surface area contributed by atoms with E-state index in [1.165, 1.54) is 65.9 Å². The summed E-state index contributed by atoms with van der Waals surface area (Å²) in [4.78, 5) is 2.36. The van der Waals surface area contributed by atoms with Gasteiger partial charge in [-0.15, -0.1) is 0 Å². The van der Waals surface area contributed by atoms with Gasteiger partial charge in [0.05, 0.1) is 0 Å². The Morgan fingerprint density at radius 2 is 0.694 bits per heavy atom.